The molecule has 2 N–H and O–H groups in total. The average molecular weight is 375 g/mol. The van der Waals surface area contributed by atoms with Crippen LogP contribution in [0.2, 0.25) is 0 Å². The molecule has 3 amide bonds. The van der Waals surface area contributed by atoms with E-state index < -0.39 is 11.7 Å². The monoisotopic (exact) mass is 375 g/mol. The molecule has 0 aromatic heterocycles. The lowest BCUT2D eigenvalue weighted by Gasteiger charge is -2.33. The van der Waals surface area contributed by atoms with E-state index in [2.05, 4.69) is 10.6 Å². The highest BCUT2D eigenvalue weighted by molar-refractivity contribution is 5.97. The molecule has 1 heterocycles. The van der Waals surface area contributed by atoms with Gasteiger partial charge in [0.05, 0.1) is 6.54 Å². The SMILES string of the molecule is Cc1ccccc1C(=O)NCC(=O)N1CCC(NC(=O)OC(C)(C)C)CC1. The van der Waals surface area contributed by atoms with Crippen LogP contribution in [0, 0.1) is 6.92 Å². The average Bonchev–Trinajstić information content (AvgIpc) is 2.58. The topological polar surface area (TPSA) is 87.7 Å². The Morgan fingerprint density at radius 1 is 1.15 bits per heavy atom. The second-order valence-electron chi connectivity index (χ2n) is 7.80. The molecule has 0 bridgehead atoms. The molecule has 1 fully saturated rings. The molecule has 0 radical (unpaired) electrons. The predicted octanol–water partition coefficient (Wildman–Crippen LogP) is 2.24. The highest BCUT2D eigenvalue weighted by Gasteiger charge is 2.26. The fourth-order valence-electron chi connectivity index (χ4n) is 2.94. The van der Waals surface area contributed by atoms with Crippen LogP contribution in [0.15, 0.2) is 24.3 Å². The number of amides is 3. The molecule has 1 aromatic rings. The van der Waals surface area contributed by atoms with Gasteiger partial charge in [-0.1, -0.05) is 18.2 Å². The van der Waals surface area contributed by atoms with E-state index in [1.807, 2.05) is 39.8 Å². The summed E-state index contributed by atoms with van der Waals surface area (Å²) in [7, 11) is 0. The van der Waals surface area contributed by atoms with E-state index in [1.54, 1.807) is 17.0 Å². The van der Waals surface area contributed by atoms with Crippen molar-refractivity contribution in [2.45, 2.75) is 52.2 Å². The maximum atomic E-state index is 12.3. The Morgan fingerprint density at radius 2 is 1.78 bits per heavy atom. The fraction of sp³-hybridized carbons (Fsp3) is 0.550. The van der Waals surface area contributed by atoms with E-state index in [0.717, 1.165) is 5.56 Å². The number of likely N-dealkylation sites (tertiary alicyclic amines) is 1. The van der Waals surface area contributed by atoms with Gasteiger partial charge >= 0.3 is 6.09 Å². The van der Waals surface area contributed by atoms with Crippen molar-refractivity contribution in [2.75, 3.05) is 19.6 Å². The fourth-order valence-corrected chi connectivity index (χ4v) is 2.94. The Balaban J connectivity index is 1.74. The van der Waals surface area contributed by atoms with Crippen molar-refractivity contribution < 1.29 is 19.1 Å². The summed E-state index contributed by atoms with van der Waals surface area (Å²) >= 11 is 0. The largest absolute Gasteiger partial charge is 0.444 e. The van der Waals surface area contributed by atoms with Crippen LogP contribution in [0.25, 0.3) is 0 Å². The molecule has 0 atom stereocenters. The number of nitrogens with zero attached hydrogens (tertiary/aromatic N) is 1. The zero-order valence-electron chi connectivity index (χ0n) is 16.5. The molecule has 7 nitrogen and oxygen atoms in total. The number of hydrogen-bond donors (Lipinski definition) is 2. The summed E-state index contributed by atoms with van der Waals surface area (Å²) in [5.74, 6) is -0.365. The third-order valence-electron chi connectivity index (χ3n) is 4.36. The number of rotatable bonds is 4. The molecule has 7 heteroatoms. The Kier molecular flexibility index (Phi) is 6.82. The van der Waals surface area contributed by atoms with Gasteiger partial charge in [-0.2, -0.15) is 0 Å². The number of aryl methyl sites for hydroxylation is 1. The van der Waals surface area contributed by atoms with Gasteiger partial charge in [0.25, 0.3) is 5.91 Å². The van der Waals surface area contributed by atoms with Crippen LogP contribution in [-0.2, 0) is 9.53 Å². The lowest BCUT2D eigenvalue weighted by atomic mass is 10.1. The van der Waals surface area contributed by atoms with Crippen LogP contribution >= 0.6 is 0 Å². The number of piperidine rings is 1. The van der Waals surface area contributed by atoms with Gasteiger partial charge in [-0.05, 0) is 52.2 Å². The second kappa shape index (κ2) is 8.88. The standard InChI is InChI=1S/C20H29N3O4/c1-14-7-5-6-8-16(14)18(25)21-13-17(24)23-11-9-15(10-12-23)22-19(26)27-20(2,3)4/h5-8,15H,9-13H2,1-4H3,(H,21,25)(H,22,26). The van der Waals surface area contributed by atoms with Gasteiger partial charge in [-0.25, -0.2) is 4.79 Å². The molecule has 148 valence electrons. The van der Waals surface area contributed by atoms with Gasteiger partial charge in [-0.3, -0.25) is 9.59 Å². The van der Waals surface area contributed by atoms with Crippen LogP contribution in [0.5, 0.6) is 0 Å². The first-order valence-electron chi connectivity index (χ1n) is 9.27. The zero-order valence-corrected chi connectivity index (χ0v) is 16.5. The van der Waals surface area contributed by atoms with Gasteiger partial charge in [0, 0.05) is 24.7 Å². The predicted molar refractivity (Wildman–Crippen MR) is 102 cm³/mol. The molecule has 2 rings (SSSR count). The summed E-state index contributed by atoms with van der Waals surface area (Å²) in [6.07, 6.45) is 0.894. The molecule has 0 aliphatic carbocycles. The third-order valence-corrected chi connectivity index (χ3v) is 4.36. The van der Waals surface area contributed by atoms with Crippen LogP contribution in [-0.4, -0.2) is 54.1 Å². The van der Waals surface area contributed by atoms with Crippen molar-refractivity contribution in [3.05, 3.63) is 35.4 Å². The van der Waals surface area contributed by atoms with E-state index in [0.29, 0.717) is 31.5 Å². The number of alkyl carbamates (subject to hydrolysis) is 1. The molecule has 0 spiro atoms. The van der Waals surface area contributed by atoms with Gasteiger partial charge in [0.1, 0.15) is 5.60 Å². The van der Waals surface area contributed by atoms with Crippen LogP contribution < -0.4 is 10.6 Å². The van der Waals surface area contributed by atoms with Gasteiger partial charge in [0.15, 0.2) is 0 Å². The number of carbonyl (C=O) groups excluding carboxylic acids is 3. The summed E-state index contributed by atoms with van der Waals surface area (Å²) in [5.41, 5.74) is 0.915. The lowest BCUT2D eigenvalue weighted by molar-refractivity contribution is -0.131. The molecule has 1 aliphatic heterocycles. The van der Waals surface area contributed by atoms with Crippen molar-refractivity contribution in [3.8, 4) is 0 Å². The number of carbonyl (C=O) groups is 3. The highest BCUT2D eigenvalue weighted by atomic mass is 16.6. The van der Waals surface area contributed by atoms with E-state index in [4.69, 9.17) is 4.74 Å². The van der Waals surface area contributed by atoms with Crippen molar-refractivity contribution in [3.63, 3.8) is 0 Å². The first-order valence-corrected chi connectivity index (χ1v) is 9.27. The van der Waals surface area contributed by atoms with E-state index in [9.17, 15) is 14.4 Å². The molecular formula is C20H29N3O4. The first kappa shape index (κ1) is 20.7. The maximum absolute atomic E-state index is 12.3. The minimum atomic E-state index is -0.532. The number of ether oxygens (including phenoxy) is 1. The van der Waals surface area contributed by atoms with Crippen LogP contribution in [0.1, 0.15) is 49.5 Å². The van der Waals surface area contributed by atoms with Gasteiger partial charge in [-0.15, -0.1) is 0 Å². The maximum Gasteiger partial charge on any atom is 0.407 e. The second-order valence-corrected chi connectivity index (χ2v) is 7.80. The third kappa shape index (κ3) is 6.58. The van der Waals surface area contributed by atoms with E-state index in [1.165, 1.54) is 0 Å². The van der Waals surface area contributed by atoms with E-state index >= 15 is 0 Å². The Labute approximate surface area is 160 Å². The molecule has 27 heavy (non-hydrogen) atoms. The first-order chi connectivity index (χ1) is 12.7. The number of benzene rings is 1. The van der Waals surface area contributed by atoms with Crippen molar-refractivity contribution in [1.82, 2.24) is 15.5 Å². The summed E-state index contributed by atoms with van der Waals surface area (Å²) in [5, 5.41) is 5.53. The number of hydrogen-bond acceptors (Lipinski definition) is 4. The summed E-state index contributed by atoms with van der Waals surface area (Å²) < 4.78 is 5.25. The highest BCUT2D eigenvalue weighted by Crippen LogP contribution is 2.13. The van der Waals surface area contributed by atoms with Crippen molar-refractivity contribution >= 4 is 17.9 Å². The Morgan fingerprint density at radius 3 is 2.37 bits per heavy atom. The Bertz CT molecular complexity index is 689. The van der Waals surface area contributed by atoms with Crippen molar-refractivity contribution in [2.24, 2.45) is 0 Å². The minimum absolute atomic E-state index is 0.00883. The Hall–Kier alpha value is -2.57. The molecule has 1 aliphatic rings. The molecular weight excluding hydrogens is 346 g/mol. The normalized spacial score (nSPS) is 15.2. The van der Waals surface area contributed by atoms with Crippen LogP contribution in [0.3, 0.4) is 0 Å². The van der Waals surface area contributed by atoms with Gasteiger partial charge in [0.2, 0.25) is 5.91 Å². The number of nitrogens with one attached hydrogen (secondary N) is 2. The summed E-state index contributed by atoms with van der Waals surface area (Å²) in [4.78, 5) is 38.1. The quantitative estimate of drug-likeness (QED) is 0.845. The van der Waals surface area contributed by atoms with Gasteiger partial charge < -0.3 is 20.3 Å². The lowest BCUT2D eigenvalue weighted by Crippen LogP contribution is -2.49. The molecule has 0 unspecified atom stereocenters. The molecule has 1 saturated heterocycles. The van der Waals surface area contributed by atoms with Crippen LogP contribution in [0.4, 0.5) is 4.79 Å². The van der Waals surface area contributed by atoms with E-state index in [-0.39, 0.29) is 24.4 Å². The van der Waals surface area contributed by atoms with Crippen molar-refractivity contribution in [1.29, 1.82) is 0 Å². The summed E-state index contributed by atoms with van der Waals surface area (Å²) in [6.45, 7) is 8.37. The smallest absolute Gasteiger partial charge is 0.407 e. The minimum Gasteiger partial charge on any atom is -0.444 e. The zero-order chi connectivity index (χ0) is 20.0. The molecule has 1 aromatic carbocycles. The molecule has 0 saturated carbocycles. The summed E-state index contributed by atoms with van der Waals surface area (Å²) in [6, 6.07) is 7.26.